The summed E-state index contributed by atoms with van der Waals surface area (Å²) in [4.78, 5) is 0. The second-order valence-corrected chi connectivity index (χ2v) is 5.98. The van der Waals surface area contributed by atoms with Gasteiger partial charge in [0.05, 0.1) is 11.6 Å². The molecule has 0 fully saturated rings. The highest BCUT2D eigenvalue weighted by Gasteiger charge is 2.21. The molecule has 0 radical (unpaired) electrons. The summed E-state index contributed by atoms with van der Waals surface area (Å²) in [6.07, 6.45) is 2.84. The largest absolute Gasteiger partial charge is 0.492 e. The molecule has 0 heterocycles. The minimum Gasteiger partial charge on any atom is -0.492 e. The fraction of sp³-hybridized carbons (Fsp3) is 0.625. The molecule has 0 aliphatic heterocycles. The fourth-order valence-corrected chi connectivity index (χ4v) is 2.25. The maximum atomic E-state index is 6.40. The third-order valence-electron chi connectivity index (χ3n) is 3.65. The molecule has 0 aromatic heterocycles. The Morgan fingerprint density at radius 1 is 1.26 bits per heavy atom. The quantitative estimate of drug-likeness (QED) is 0.809. The van der Waals surface area contributed by atoms with E-state index >= 15 is 0 Å². The van der Waals surface area contributed by atoms with Gasteiger partial charge in [-0.3, -0.25) is 0 Å². The Labute approximate surface area is 122 Å². The molecular formula is C16H26ClNO. The van der Waals surface area contributed by atoms with Gasteiger partial charge < -0.3 is 10.5 Å². The molecule has 0 atom stereocenters. The maximum absolute atomic E-state index is 6.40. The summed E-state index contributed by atoms with van der Waals surface area (Å²) in [5.74, 6) is 0.810. The van der Waals surface area contributed by atoms with Gasteiger partial charge in [0.15, 0.2) is 0 Å². The molecule has 19 heavy (non-hydrogen) atoms. The molecule has 0 saturated heterocycles. The molecule has 2 nitrogen and oxygen atoms in total. The van der Waals surface area contributed by atoms with Crippen LogP contribution in [-0.2, 0) is 11.8 Å². The Kier molecular flexibility index (Phi) is 6.15. The summed E-state index contributed by atoms with van der Waals surface area (Å²) in [7, 11) is 0. The third kappa shape index (κ3) is 4.12. The van der Waals surface area contributed by atoms with E-state index < -0.39 is 0 Å². The van der Waals surface area contributed by atoms with E-state index in [1.807, 2.05) is 6.07 Å². The van der Waals surface area contributed by atoms with Crippen LogP contribution in [-0.4, -0.2) is 13.2 Å². The standard InChI is InChI=1S/C16H26ClNO/c1-5-9-19-15-12(7-8-18)10-13(11-14(15)17)16(3,4)6-2/h10-11H,5-9,18H2,1-4H3. The van der Waals surface area contributed by atoms with Crippen molar-refractivity contribution in [3.63, 3.8) is 0 Å². The first-order valence-corrected chi connectivity index (χ1v) is 7.49. The van der Waals surface area contributed by atoms with Gasteiger partial charge in [-0.1, -0.05) is 45.4 Å². The van der Waals surface area contributed by atoms with E-state index in [1.54, 1.807) is 0 Å². The van der Waals surface area contributed by atoms with Crippen molar-refractivity contribution in [2.75, 3.05) is 13.2 Å². The zero-order valence-corrected chi connectivity index (χ0v) is 13.3. The Morgan fingerprint density at radius 2 is 1.95 bits per heavy atom. The minimum absolute atomic E-state index is 0.121. The van der Waals surface area contributed by atoms with Gasteiger partial charge in [-0.25, -0.2) is 0 Å². The van der Waals surface area contributed by atoms with E-state index in [4.69, 9.17) is 22.1 Å². The summed E-state index contributed by atoms with van der Waals surface area (Å²) in [5.41, 5.74) is 8.20. The van der Waals surface area contributed by atoms with Gasteiger partial charge in [-0.05, 0) is 48.4 Å². The van der Waals surface area contributed by atoms with Crippen molar-refractivity contribution in [2.45, 2.75) is 52.4 Å². The zero-order chi connectivity index (χ0) is 14.5. The van der Waals surface area contributed by atoms with Gasteiger partial charge in [0.25, 0.3) is 0 Å². The van der Waals surface area contributed by atoms with E-state index in [-0.39, 0.29) is 5.41 Å². The lowest BCUT2D eigenvalue weighted by molar-refractivity contribution is 0.314. The van der Waals surface area contributed by atoms with Gasteiger partial charge in [-0.15, -0.1) is 0 Å². The lowest BCUT2D eigenvalue weighted by Gasteiger charge is -2.25. The van der Waals surface area contributed by atoms with Crippen LogP contribution in [0, 0.1) is 0 Å². The monoisotopic (exact) mass is 283 g/mol. The SMILES string of the molecule is CCCOc1c(Cl)cc(C(C)(C)CC)cc1CCN. The number of nitrogens with two attached hydrogens (primary N) is 1. The highest BCUT2D eigenvalue weighted by molar-refractivity contribution is 6.32. The molecule has 0 aliphatic carbocycles. The molecular weight excluding hydrogens is 258 g/mol. The number of hydrogen-bond donors (Lipinski definition) is 1. The molecule has 1 rings (SSSR count). The number of rotatable bonds is 7. The van der Waals surface area contributed by atoms with Crippen molar-refractivity contribution < 1.29 is 4.74 Å². The van der Waals surface area contributed by atoms with Crippen LogP contribution in [0.4, 0.5) is 0 Å². The highest BCUT2D eigenvalue weighted by Crippen LogP contribution is 2.36. The lowest BCUT2D eigenvalue weighted by Crippen LogP contribution is -2.17. The van der Waals surface area contributed by atoms with Gasteiger partial charge in [0.2, 0.25) is 0 Å². The predicted molar refractivity (Wildman–Crippen MR) is 83.3 cm³/mol. The molecule has 0 aliphatic rings. The van der Waals surface area contributed by atoms with Gasteiger partial charge in [-0.2, -0.15) is 0 Å². The Morgan fingerprint density at radius 3 is 2.47 bits per heavy atom. The van der Waals surface area contributed by atoms with Crippen molar-refractivity contribution in [3.05, 3.63) is 28.3 Å². The molecule has 2 N–H and O–H groups in total. The van der Waals surface area contributed by atoms with Crippen molar-refractivity contribution >= 4 is 11.6 Å². The molecule has 0 amide bonds. The first-order valence-electron chi connectivity index (χ1n) is 7.12. The van der Waals surface area contributed by atoms with Crippen molar-refractivity contribution in [1.29, 1.82) is 0 Å². The van der Waals surface area contributed by atoms with Crippen LogP contribution in [0.3, 0.4) is 0 Å². The Hall–Kier alpha value is -0.730. The second-order valence-electron chi connectivity index (χ2n) is 5.57. The van der Waals surface area contributed by atoms with Crippen LogP contribution in [0.1, 0.15) is 51.7 Å². The lowest BCUT2D eigenvalue weighted by atomic mass is 9.81. The van der Waals surface area contributed by atoms with Crippen LogP contribution >= 0.6 is 11.6 Å². The van der Waals surface area contributed by atoms with E-state index in [0.717, 1.165) is 30.6 Å². The number of halogens is 1. The molecule has 0 saturated carbocycles. The predicted octanol–water partition coefficient (Wildman–Crippen LogP) is 4.32. The third-order valence-corrected chi connectivity index (χ3v) is 3.93. The molecule has 0 spiro atoms. The summed E-state index contributed by atoms with van der Waals surface area (Å²) in [6, 6.07) is 4.24. The summed E-state index contributed by atoms with van der Waals surface area (Å²) >= 11 is 6.40. The average molecular weight is 284 g/mol. The van der Waals surface area contributed by atoms with E-state index in [2.05, 4.69) is 33.8 Å². The molecule has 0 bridgehead atoms. The van der Waals surface area contributed by atoms with Crippen LogP contribution in [0.15, 0.2) is 12.1 Å². The highest BCUT2D eigenvalue weighted by atomic mass is 35.5. The Bertz CT molecular complexity index is 415. The van der Waals surface area contributed by atoms with Crippen molar-refractivity contribution in [3.8, 4) is 5.75 Å². The first-order chi connectivity index (χ1) is 8.96. The molecule has 108 valence electrons. The van der Waals surface area contributed by atoms with Gasteiger partial charge in [0, 0.05) is 0 Å². The zero-order valence-electron chi connectivity index (χ0n) is 12.6. The van der Waals surface area contributed by atoms with Crippen molar-refractivity contribution in [2.24, 2.45) is 5.73 Å². The number of hydrogen-bond acceptors (Lipinski definition) is 2. The van der Waals surface area contributed by atoms with E-state index in [9.17, 15) is 0 Å². The van der Waals surface area contributed by atoms with Crippen LogP contribution in [0.5, 0.6) is 5.75 Å². The normalized spacial score (nSPS) is 11.7. The number of benzene rings is 1. The van der Waals surface area contributed by atoms with E-state index in [0.29, 0.717) is 18.2 Å². The smallest absolute Gasteiger partial charge is 0.141 e. The summed E-state index contributed by atoms with van der Waals surface area (Å²) in [6.45, 7) is 10.0. The van der Waals surface area contributed by atoms with Gasteiger partial charge in [0.1, 0.15) is 5.75 Å². The first kappa shape index (κ1) is 16.3. The summed E-state index contributed by atoms with van der Waals surface area (Å²) in [5, 5.41) is 0.705. The van der Waals surface area contributed by atoms with Gasteiger partial charge >= 0.3 is 0 Å². The second kappa shape index (κ2) is 7.16. The molecule has 3 heteroatoms. The van der Waals surface area contributed by atoms with E-state index in [1.165, 1.54) is 5.56 Å². The maximum Gasteiger partial charge on any atom is 0.141 e. The Balaban J connectivity index is 3.20. The molecule has 0 unspecified atom stereocenters. The minimum atomic E-state index is 0.121. The number of ether oxygens (including phenoxy) is 1. The van der Waals surface area contributed by atoms with Crippen LogP contribution in [0.2, 0.25) is 5.02 Å². The molecule has 1 aromatic rings. The topological polar surface area (TPSA) is 35.2 Å². The van der Waals surface area contributed by atoms with Crippen LogP contribution in [0.25, 0.3) is 0 Å². The molecule has 1 aromatic carbocycles. The average Bonchev–Trinajstić information content (AvgIpc) is 2.38. The fourth-order valence-electron chi connectivity index (χ4n) is 1.95. The summed E-state index contributed by atoms with van der Waals surface area (Å²) < 4.78 is 5.78. The van der Waals surface area contributed by atoms with Crippen molar-refractivity contribution in [1.82, 2.24) is 0 Å². The van der Waals surface area contributed by atoms with Crippen LogP contribution < -0.4 is 10.5 Å².